The molecule has 5 heteroatoms. The van der Waals surface area contributed by atoms with Gasteiger partial charge in [0.1, 0.15) is 5.75 Å². The van der Waals surface area contributed by atoms with Crippen LogP contribution in [0.15, 0.2) is 22.7 Å². The van der Waals surface area contributed by atoms with Crippen molar-refractivity contribution in [2.45, 2.75) is 19.4 Å². The lowest BCUT2D eigenvalue weighted by molar-refractivity contribution is 0.0837. The van der Waals surface area contributed by atoms with Crippen molar-refractivity contribution >= 4 is 15.9 Å². The lowest BCUT2D eigenvalue weighted by atomic mass is 10.1. The van der Waals surface area contributed by atoms with Gasteiger partial charge in [-0.05, 0) is 32.2 Å². The molecule has 0 fully saturated rings. The van der Waals surface area contributed by atoms with Crippen LogP contribution in [0.1, 0.15) is 18.5 Å². The SMILES string of the molecule is CC(c1cc(Br)ccc1O)N(C)CC(F)F. The van der Waals surface area contributed by atoms with Crippen molar-refractivity contribution in [2.75, 3.05) is 13.6 Å². The number of nitrogens with zero attached hydrogens (tertiary/aromatic N) is 1. The average Bonchev–Trinajstić information content (AvgIpc) is 2.19. The lowest BCUT2D eigenvalue weighted by Gasteiger charge is -2.25. The van der Waals surface area contributed by atoms with Crippen molar-refractivity contribution in [3.63, 3.8) is 0 Å². The van der Waals surface area contributed by atoms with E-state index in [2.05, 4.69) is 15.9 Å². The highest BCUT2D eigenvalue weighted by atomic mass is 79.9. The molecule has 0 aromatic heterocycles. The van der Waals surface area contributed by atoms with E-state index in [1.165, 1.54) is 4.90 Å². The van der Waals surface area contributed by atoms with Crippen LogP contribution in [0.3, 0.4) is 0 Å². The summed E-state index contributed by atoms with van der Waals surface area (Å²) in [6.45, 7) is 1.47. The Morgan fingerprint density at radius 2 is 2.06 bits per heavy atom. The van der Waals surface area contributed by atoms with Gasteiger partial charge < -0.3 is 5.11 Å². The van der Waals surface area contributed by atoms with Crippen molar-refractivity contribution in [1.29, 1.82) is 0 Å². The minimum absolute atomic E-state index is 0.122. The second-order valence-corrected chi connectivity index (χ2v) is 4.63. The summed E-state index contributed by atoms with van der Waals surface area (Å²) in [4.78, 5) is 1.51. The smallest absolute Gasteiger partial charge is 0.251 e. The molecule has 1 aromatic carbocycles. The molecule has 1 atom stereocenters. The van der Waals surface area contributed by atoms with Crippen LogP contribution in [0, 0.1) is 0 Å². The molecule has 0 aliphatic rings. The van der Waals surface area contributed by atoms with Gasteiger partial charge in [0.05, 0.1) is 6.54 Å². The van der Waals surface area contributed by atoms with Gasteiger partial charge in [-0.3, -0.25) is 4.90 Å². The van der Waals surface area contributed by atoms with Crippen molar-refractivity contribution in [2.24, 2.45) is 0 Å². The van der Waals surface area contributed by atoms with E-state index in [1.54, 1.807) is 32.2 Å². The molecule has 0 amide bonds. The molecular formula is C11H14BrF2NO. The monoisotopic (exact) mass is 293 g/mol. The quantitative estimate of drug-likeness (QED) is 0.920. The minimum atomic E-state index is -2.37. The zero-order chi connectivity index (χ0) is 12.3. The normalized spacial score (nSPS) is 13.4. The third kappa shape index (κ3) is 3.42. The Morgan fingerprint density at radius 3 is 2.62 bits per heavy atom. The van der Waals surface area contributed by atoms with Gasteiger partial charge in [0.25, 0.3) is 6.43 Å². The highest BCUT2D eigenvalue weighted by Gasteiger charge is 2.18. The van der Waals surface area contributed by atoms with Gasteiger partial charge in [-0.15, -0.1) is 0 Å². The Hall–Kier alpha value is -0.680. The maximum atomic E-state index is 12.2. The topological polar surface area (TPSA) is 23.5 Å². The van der Waals surface area contributed by atoms with Gasteiger partial charge in [-0.25, -0.2) is 8.78 Å². The first-order chi connectivity index (χ1) is 7.41. The van der Waals surface area contributed by atoms with E-state index >= 15 is 0 Å². The maximum absolute atomic E-state index is 12.2. The summed E-state index contributed by atoms with van der Waals surface area (Å²) in [6.07, 6.45) is -2.37. The largest absolute Gasteiger partial charge is 0.508 e. The van der Waals surface area contributed by atoms with E-state index < -0.39 is 6.43 Å². The van der Waals surface area contributed by atoms with E-state index in [0.29, 0.717) is 5.56 Å². The molecule has 90 valence electrons. The molecule has 0 radical (unpaired) electrons. The van der Waals surface area contributed by atoms with Crippen molar-refractivity contribution < 1.29 is 13.9 Å². The molecule has 16 heavy (non-hydrogen) atoms. The second kappa shape index (κ2) is 5.59. The number of hydrogen-bond donors (Lipinski definition) is 1. The Balaban J connectivity index is 2.86. The summed E-state index contributed by atoms with van der Waals surface area (Å²) in [5, 5.41) is 9.65. The standard InChI is InChI=1S/C11H14BrF2NO/c1-7(15(2)6-11(13)14)9-5-8(12)3-4-10(9)16/h3-5,7,11,16H,6H2,1-2H3. The molecule has 0 aliphatic carbocycles. The van der Waals surface area contributed by atoms with Crippen LogP contribution in [0.4, 0.5) is 8.78 Å². The number of hydrogen-bond acceptors (Lipinski definition) is 2. The molecule has 0 saturated heterocycles. The van der Waals surface area contributed by atoms with E-state index in [1.807, 2.05) is 0 Å². The number of benzene rings is 1. The number of halogens is 3. The molecular weight excluding hydrogens is 280 g/mol. The van der Waals surface area contributed by atoms with Gasteiger partial charge in [0.15, 0.2) is 0 Å². The molecule has 0 aliphatic heterocycles. The third-order valence-electron chi connectivity index (χ3n) is 2.53. The zero-order valence-corrected chi connectivity index (χ0v) is 10.7. The molecule has 0 bridgehead atoms. The fourth-order valence-corrected chi connectivity index (χ4v) is 1.85. The summed E-state index contributed by atoms with van der Waals surface area (Å²) in [5.41, 5.74) is 0.637. The molecule has 2 nitrogen and oxygen atoms in total. The van der Waals surface area contributed by atoms with Crippen LogP contribution < -0.4 is 0 Å². The fourth-order valence-electron chi connectivity index (χ4n) is 1.47. The molecule has 1 N–H and O–H groups in total. The number of phenols is 1. The van der Waals surface area contributed by atoms with Crippen LogP contribution >= 0.6 is 15.9 Å². The third-order valence-corrected chi connectivity index (χ3v) is 3.02. The molecule has 1 rings (SSSR count). The summed E-state index contributed by atoms with van der Waals surface area (Å²) >= 11 is 3.29. The van der Waals surface area contributed by atoms with Crippen molar-refractivity contribution in [1.82, 2.24) is 4.90 Å². The van der Waals surface area contributed by atoms with Gasteiger partial charge in [0.2, 0.25) is 0 Å². The Labute approximate surface area is 102 Å². The minimum Gasteiger partial charge on any atom is -0.508 e. The van der Waals surface area contributed by atoms with Gasteiger partial charge in [-0.2, -0.15) is 0 Å². The van der Waals surface area contributed by atoms with Crippen LogP contribution in [0.25, 0.3) is 0 Å². The van der Waals surface area contributed by atoms with E-state index in [4.69, 9.17) is 0 Å². The maximum Gasteiger partial charge on any atom is 0.251 e. The molecule has 1 aromatic rings. The molecule has 0 spiro atoms. The molecule has 0 heterocycles. The first kappa shape index (κ1) is 13.4. The van der Waals surface area contributed by atoms with Gasteiger partial charge in [0, 0.05) is 16.1 Å². The van der Waals surface area contributed by atoms with Crippen LogP contribution in [0.2, 0.25) is 0 Å². The second-order valence-electron chi connectivity index (χ2n) is 3.71. The highest BCUT2D eigenvalue weighted by molar-refractivity contribution is 9.10. The summed E-state index contributed by atoms with van der Waals surface area (Å²) in [7, 11) is 1.61. The van der Waals surface area contributed by atoms with Crippen molar-refractivity contribution in [3.05, 3.63) is 28.2 Å². The number of rotatable bonds is 4. The van der Waals surface area contributed by atoms with Gasteiger partial charge in [-0.1, -0.05) is 15.9 Å². The van der Waals surface area contributed by atoms with Crippen LogP contribution in [0.5, 0.6) is 5.75 Å². The van der Waals surface area contributed by atoms with Crippen LogP contribution in [-0.4, -0.2) is 30.0 Å². The number of phenolic OH excluding ortho intramolecular Hbond substituents is 1. The van der Waals surface area contributed by atoms with E-state index in [0.717, 1.165) is 4.47 Å². The van der Waals surface area contributed by atoms with Crippen LogP contribution in [-0.2, 0) is 0 Å². The number of alkyl halides is 2. The summed E-state index contributed by atoms with van der Waals surface area (Å²) in [5.74, 6) is 0.122. The van der Waals surface area contributed by atoms with Crippen molar-refractivity contribution in [3.8, 4) is 5.75 Å². The Bertz CT molecular complexity index is 360. The molecule has 0 saturated carbocycles. The predicted octanol–water partition coefficient (Wildman–Crippen LogP) is 3.41. The summed E-state index contributed by atoms with van der Waals surface area (Å²) < 4.78 is 25.3. The number of aromatic hydroxyl groups is 1. The summed E-state index contributed by atoms with van der Waals surface area (Å²) in [6, 6.07) is 4.73. The van der Waals surface area contributed by atoms with Gasteiger partial charge >= 0.3 is 0 Å². The molecule has 1 unspecified atom stereocenters. The Morgan fingerprint density at radius 1 is 1.44 bits per heavy atom. The zero-order valence-electron chi connectivity index (χ0n) is 9.12. The average molecular weight is 294 g/mol. The Kier molecular flexibility index (Phi) is 4.68. The first-order valence-electron chi connectivity index (χ1n) is 4.88. The fraction of sp³-hybridized carbons (Fsp3) is 0.455. The van der Waals surface area contributed by atoms with E-state index in [-0.39, 0.29) is 18.3 Å². The highest BCUT2D eigenvalue weighted by Crippen LogP contribution is 2.30. The first-order valence-corrected chi connectivity index (χ1v) is 5.68. The predicted molar refractivity (Wildman–Crippen MR) is 62.9 cm³/mol. The van der Waals surface area contributed by atoms with E-state index in [9.17, 15) is 13.9 Å². The lowest BCUT2D eigenvalue weighted by Crippen LogP contribution is -2.27.